The van der Waals surface area contributed by atoms with Gasteiger partial charge in [0.1, 0.15) is 0 Å². The topological polar surface area (TPSA) is 49.9 Å². The fraction of sp³-hybridized carbons (Fsp3) is 0.556. The van der Waals surface area contributed by atoms with Gasteiger partial charge >= 0.3 is 0 Å². The Bertz CT molecular complexity index is 504. The van der Waals surface area contributed by atoms with Crippen LogP contribution in [0.2, 0.25) is 0 Å². The van der Waals surface area contributed by atoms with E-state index in [9.17, 15) is 9.59 Å². The van der Waals surface area contributed by atoms with E-state index >= 15 is 0 Å². The molecule has 5 nitrogen and oxygen atoms in total. The zero-order valence-electron chi connectivity index (χ0n) is 13.9. The van der Waals surface area contributed by atoms with Crippen LogP contribution in [0.1, 0.15) is 24.8 Å². The molecule has 0 spiro atoms. The van der Waals surface area contributed by atoms with Crippen LogP contribution < -0.4 is 0 Å². The fourth-order valence-corrected chi connectivity index (χ4v) is 2.82. The van der Waals surface area contributed by atoms with E-state index in [0.29, 0.717) is 32.5 Å². The predicted octanol–water partition coefficient (Wildman–Crippen LogP) is 1.72. The van der Waals surface area contributed by atoms with E-state index in [2.05, 4.69) is 0 Å². The Morgan fingerprint density at radius 2 is 1.57 bits per heavy atom. The molecule has 23 heavy (non-hydrogen) atoms. The highest BCUT2D eigenvalue weighted by Crippen LogP contribution is 2.09. The van der Waals surface area contributed by atoms with Crippen molar-refractivity contribution in [1.82, 2.24) is 9.80 Å². The molecule has 1 aliphatic rings. The molecule has 1 fully saturated rings. The van der Waals surface area contributed by atoms with E-state index < -0.39 is 0 Å². The molecule has 0 aromatic heterocycles. The van der Waals surface area contributed by atoms with Gasteiger partial charge < -0.3 is 14.5 Å². The highest BCUT2D eigenvalue weighted by Gasteiger charge is 2.21. The van der Waals surface area contributed by atoms with Crippen molar-refractivity contribution in [2.75, 3.05) is 39.9 Å². The lowest BCUT2D eigenvalue weighted by Crippen LogP contribution is -2.37. The number of carbonyl (C=O) groups excluding carboxylic acids is 2. The van der Waals surface area contributed by atoms with E-state index in [1.165, 1.54) is 5.56 Å². The van der Waals surface area contributed by atoms with Crippen molar-refractivity contribution >= 4 is 11.8 Å². The second-order valence-electron chi connectivity index (χ2n) is 5.84. The smallest absolute Gasteiger partial charge is 0.224 e. The SMILES string of the molecule is COCCC(=O)N1CCCN(C(=O)CCc2ccccc2)CC1. The summed E-state index contributed by atoms with van der Waals surface area (Å²) in [7, 11) is 1.60. The molecule has 0 unspecified atom stereocenters. The van der Waals surface area contributed by atoms with Gasteiger partial charge in [0, 0.05) is 39.7 Å². The number of rotatable bonds is 6. The van der Waals surface area contributed by atoms with E-state index in [0.717, 1.165) is 25.9 Å². The van der Waals surface area contributed by atoms with Gasteiger partial charge in [-0.3, -0.25) is 9.59 Å². The Balaban J connectivity index is 1.78. The van der Waals surface area contributed by atoms with Crippen molar-refractivity contribution in [3.63, 3.8) is 0 Å². The molecule has 1 aromatic carbocycles. The first-order valence-corrected chi connectivity index (χ1v) is 8.29. The first-order valence-electron chi connectivity index (χ1n) is 8.29. The van der Waals surface area contributed by atoms with Gasteiger partial charge in [-0.25, -0.2) is 0 Å². The Kier molecular flexibility index (Phi) is 7.07. The fourth-order valence-electron chi connectivity index (χ4n) is 2.82. The molecule has 0 N–H and O–H groups in total. The Labute approximate surface area is 138 Å². The van der Waals surface area contributed by atoms with Gasteiger partial charge in [0.2, 0.25) is 11.8 Å². The van der Waals surface area contributed by atoms with Crippen LogP contribution in [0.15, 0.2) is 30.3 Å². The maximum atomic E-state index is 12.4. The molecule has 1 saturated heterocycles. The number of benzene rings is 1. The third-order valence-corrected chi connectivity index (χ3v) is 4.19. The van der Waals surface area contributed by atoms with E-state index in [4.69, 9.17) is 4.74 Å². The average Bonchev–Trinajstić information content (AvgIpc) is 2.84. The van der Waals surface area contributed by atoms with Crippen molar-refractivity contribution in [2.45, 2.75) is 25.7 Å². The van der Waals surface area contributed by atoms with Crippen LogP contribution in [0.5, 0.6) is 0 Å². The van der Waals surface area contributed by atoms with Crippen LogP contribution in [0.3, 0.4) is 0 Å². The molecular formula is C18H26N2O3. The number of ether oxygens (including phenoxy) is 1. The van der Waals surface area contributed by atoms with Crippen LogP contribution in [-0.2, 0) is 20.7 Å². The second kappa shape index (κ2) is 9.30. The summed E-state index contributed by atoms with van der Waals surface area (Å²) in [6.07, 6.45) is 2.56. The van der Waals surface area contributed by atoms with Gasteiger partial charge in [-0.15, -0.1) is 0 Å². The number of aryl methyl sites for hydroxylation is 1. The van der Waals surface area contributed by atoms with E-state index in [-0.39, 0.29) is 11.8 Å². The molecular weight excluding hydrogens is 292 g/mol. The molecule has 0 atom stereocenters. The summed E-state index contributed by atoms with van der Waals surface area (Å²) in [5, 5.41) is 0. The summed E-state index contributed by atoms with van der Waals surface area (Å²) in [4.78, 5) is 28.2. The van der Waals surface area contributed by atoms with Crippen molar-refractivity contribution in [3.05, 3.63) is 35.9 Å². The third kappa shape index (κ3) is 5.67. The summed E-state index contributed by atoms with van der Waals surface area (Å²) in [6.45, 7) is 3.17. The molecule has 0 saturated carbocycles. The average molecular weight is 318 g/mol. The lowest BCUT2D eigenvalue weighted by Gasteiger charge is -2.22. The van der Waals surface area contributed by atoms with Gasteiger partial charge in [0.05, 0.1) is 13.0 Å². The Morgan fingerprint density at radius 3 is 2.17 bits per heavy atom. The number of methoxy groups -OCH3 is 1. The quantitative estimate of drug-likeness (QED) is 0.802. The molecule has 0 radical (unpaired) electrons. The summed E-state index contributed by atoms with van der Waals surface area (Å²) in [5.41, 5.74) is 1.19. The highest BCUT2D eigenvalue weighted by molar-refractivity contribution is 5.78. The molecule has 2 rings (SSSR count). The number of carbonyl (C=O) groups is 2. The van der Waals surface area contributed by atoms with Crippen LogP contribution in [0.4, 0.5) is 0 Å². The molecule has 2 amide bonds. The zero-order valence-corrected chi connectivity index (χ0v) is 13.9. The van der Waals surface area contributed by atoms with E-state index in [1.807, 2.05) is 40.1 Å². The summed E-state index contributed by atoms with van der Waals surface area (Å²) < 4.78 is 4.96. The third-order valence-electron chi connectivity index (χ3n) is 4.19. The minimum absolute atomic E-state index is 0.116. The van der Waals surface area contributed by atoms with Crippen molar-refractivity contribution in [1.29, 1.82) is 0 Å². The van der Waals surface area contributed by atoms with Crippen molar-refractivity contribution in [2.24, 2.45) is 0 Å². The number of hydrogen-bond donors (Lipinski definition) is 0. The molecule has 1 aliphatic heterocycles. The standard InChI is InChI=1S/C18H26N2O3/c1-23-15-10-18(22)20-12-5-11-19(13-14-20)17(21)9-8-16-6-3-2-4-7-16/h2-4,6-7H,5,8-15H2,1H3. The molecule has 126 valence electrons. The second-order valence-corrected chi connectivity index (χ2v) is 5.84. The first-order chi connectivity index (χ1) is 11.2. The largest absolute Gasteiger partial charge is 0.384 e. The highest BCUT2D eigenvalue weighted by atomic mass is 16.5. The minimum Gasteiger partial charge on any atom is -0.384 e. The molecule has 1 heterocycles. The van der Waals surface area contributed by atoms with E-state index in [1.54, 1.807) is 7.11 Å². The van der Waals surface area contributed by atoms with Crippen LogP contribution in [0.25, 0.3) is 0 Å². The summed E-state index contributed by atoms with van der Waals surface area (Å²) in [6, 6.07) is 10.1. The van der Waals surface area contributed by atoms with Gasteiger partial charge in [0.25, 0.3) is 0 Å². The maximum absolute atomic E-state index is 12.4. The lowest BCUT2D eigenvalue weighted by molar-refractivity contribution is -0.134. The summed E-state index contributed by atoms with van der Waals surface area (Å²) in [5.74, 6) is 0.297. The van der Waals surface area contributed by atoms with Gasteiger partial charge in [-0.1, -0.05) is 30.3 Å². The van der Waals surface area contributed by atoms with Crippen molar-refractivity contribution in [3.8, 4) is 0 Å². The number of nitrogens with zero attached hydrogens (tertiary/aromatic N) is 2. The maximum Gasteiger partial charge on any atom is 0.224 e. The zero-order chi connectivity index (χ0) is 16.5. The Hall–Kier alpha value is -1.88. The number of hydrogen-bond acceptors (Lipinski definition) is 3. The molecule has 1 aromatic rings. The first kappa shape index (κ1) is 17.5. The lowest BCUT2D eigenvalue weighted by atomic mass is 10.1. The Morgan fingerprint density at radius 1 is 0.957 bits per heavy atom. The van der Waals surface area contributed by atoms with Gasteiger partial charge in [0.15, 0.2) is 0 Å². The predicted molar refractivity (Wildman–Crippen MR) is 89.0 cm³/mol. The monoisotopic (exact) mass is 318 g/mol. The molecule has 5 heteroatoms. The molecule has 0 bridgehead atoms. The van der Waals surface area contributed by atoms with Crippen LogP contribution >= 0.6 is 0 Å². The summed E-state index contributed by atoms with van der Waals surface area (Å²) >= 11 is 0. The van der Waals surface area contributed by atoms with Crippen LogP contribution in [0, 0.1) is 0 Å². The van der Waals surface area contributed by atoms with Crippen molar-refractivity contribution < 1.29 is 14.3 Å². The van der Waals surface area contributed by atoms with Crippen LogP contribution in [-0.4, -0.2) is 61.5 Å². The molecule has 0 aliphatic carbocycles. The number of amides is 2. The minimum atomic E-state index is 0.116. The normalized spacial score (nSPS) is 15.3. The van der Waals surface area contributed by atoms with Gasteiger partial charge in [-0.05, 0) is 18.4 Å². The van der Waals surface area contributed by atoms with Gasteiger partial charge in [-0.2, -0.15) is 0 Å².